The van der Waals surface area contributed by atoms with Gasteiger partial charge in [0, 0.05) is 11.8 Å². The van der Waals surface area contributed by atoms with Crippen molar-refractivity contribution < 1.29 is 14.4 Å². The first-order valence-electron chi connectivity index (χ1n) is 6.83. The number of aryl methyl sites for hydroxylation is 1. The third kappa shape index (κ3) is 4.06. The van der Waals surface area contributed by atoms with Gasteiger partial charge in [-0.1, -0.05) is 24.2 Å². The summed E-state index contributed by atoms with van der Waals surface area (Å²) in [7, 11) is 0. The molecule has 1 unspecified atom stereocenters. The highest BCUT2D eigenvalue weighted by Gasteiger charge is 2.17. The number of benzene rings is 1. The third-order valence-corrected chi connectivity index (χ3v) is 3.05. The first-order valence-corrected chi connectivity index (χ1v) is 6.83. The van der Waals surface area contributed by atoms with Crippen LogP contribution in [0.15, 0.2) is 34.9 Å². The third-order valence-electron chi connectivity index (χ3n) is 3.05. The van der Waals surface area contributed by atoms with Gasteiger partial charge in [0.05, 0.1) is 6.61 Å². The minimum Gasteiger partial charge on any atom is -0.392 e. The van der Waals surface area contributed by atoms with Gasteiger partial charge in [0.1, 0.15) is 11.8 Å². The number of hydrogen-bond acceptors (Lipinski definition) is 5. The molecule has 0 aliphatic heterocycles. The zero-order valence-electron chi connectivity index (χ0n) is 12.1. The van der Waals surface area contributed by atoms with Gasteiger partial charge in [-0.3, -0.25) is 4.79 Å². The van der Waals surface area contributed by atoms with Crippen LogP contribution in [0.4, 0.5) is 11.5 Å². The van der Waals surface area contributed by atoms with Crippen molar-refractivity contribution in [2.75, 3.05) is 10.6 Å². The average Bonchev–Trinajstić information content (AvgIpc) is 2.90. The van der Waals surface area contributed by atoms with Gasteiger partial charge in [0.2, 0.25) is 5.91 Å². The Morgan fingerprint density at radius 1 is 1.43 bits per heavy atom. The van der Waals surface area contributed by atoms with E-state index in [1.807, 2.05) is 31.2 Å². The lowest BCUT2D eigenvalue weighted by Gasteiger charge is -2.17. The Morgan fingerprint density at radius 2 is 2.24 bits per heavy atom. The van der Waals surface area contributed by atoms with Crippen molar-refractivity contribution in [2.24, 2.45) is 0 Å². The summed E-state index contributed by atoms with van der Waals surface area (Å²) in [4.78, 5) is 12.2. The van der Waals surface area contributed by atoms with Gasteiger partial charge in [-0.05, 0) is 31.0 Å². The van der Waals surface area contributed by atoms with E-state index in [1.54, 1.807) is 13.0 Å². The van der Waals surface area contributed by atoms with Crippen LogP contribution in [0.25, 0.3) is 0 Å². The zero-order chi connectivity index (χ0) is 15.2. The summed E-state index contributed by atoms with van der Waals surface area (Å²) < 4.78 is 4.91. The summed E-state index contributed by atoms with van der Waals surface area (Å²) in [5.74, 6) is 0.865. The first kappa shape index (κ1) is 15.1. The molecule has 0 fully saturated rings. The second kappa shape index (κ2) is 6.90. The van der Waals surface area contributed by atoms with Gasteiger partial charge >= 0.3 is 0 Å². The molecule has 112 valence electrons. The summed E-state index contributed by atoms with van der Waals surface area (Å²) in [5.41, 5.74) is 1.59. The van der Waals surface area contributed by atoms with E-state index in [9.17, 15) is 4.79 Å². The van der Waals surface area contributed by atoms with E-state index < -0.39 is 6.04 Å². The van der Waals surface area contributed by atoms with Crippen LogP contribution in [0.3, 0.4) is 0 Å². The average molecular weight is 289 g/mol. The number of carbonyl (C=O) groups is 1. The quantitative estimate of drug-likeness (QED) is 0.759. The first-order chi connectivity index (χ1) is 10.1. The van der Waals surface area contributed by atoms with E-state index in [0.29, 0.717) is 18.0 Å². The molecular formula is C15H19N3O3. The molecule has 0 radical (unpaired) electrons. The molecule has 2 aromatic rings. The van der Waals surface area contributed by atoms with Gasteiger partial charge in [-0.2, -0.15) is 0 Å². The number of aromatic nitrogens is 1. The summed E-state index contributed by atoms with van der Waals surface area (Å²) in [6.07, 6.45) is 0.617. The topological polar surface area (TPSA) is 87.4 Å². The predicted molar refractivity (Wildman–Crippen MR) is 79.9 cm³/mol. The number of anilines is 2. The van der Waals surface area contributed by atoms with Gasteiger partial charge in [0.15, 0.2) is 5.82 Å². The Bertz CT molecular complexity index is 610. The number of aliphatic hydroxyl groups excluding tert-OH is 1. The SMILES string of the molecule is CCC(Nc1cccc(CO)c1)C(=O)Nc1cc(C)on1. The van der Waals surface area contributed by atoms with Crippen LogP contribution >= 0.6 is 0 Å². The number of amides is 1. The van der Waals surface area contributed by atoms with Crippen molar-refractivity contribution in [3.05, 3.63) is 41.7 Å². The molecule has 0 saturated carbocycles. The van der Waals surface area contributed by atoms with Crippen molar-refractivity contribution >= 4 is 17.4 Å². The molecule has 21 heavy (non-hydrogen) atoms. The van der Waals surface area contributed by atoms with E-state index in [-0.39, 0.29) is 12.5 Å². The summed E-state index contributed by atoms with van der Waals surface area (Å²) in [6.45, 7) is 3.65. The molecular weight excluding hydrogens is 270 g/mol. The Hall–Kier alpha value is -2.34. The molecule has 2 rings (SSSR count). The molecule has 1 aromatic heterocycles. The molecule has 1 aromatic carbocycles. The molecule has 1 atom stereocenters. The number of hydrogen-bond donors (Lipinski definition) is 3. The van der Waals surface area contributed by atoms with Crippen LogP contribution in [0.2, 0.25) is 0 Å². The highest BCUT2D eigenvalue weighted by Crippen LogP contribution is 2.14. The number of rotatable bonds is 6. The van der Waals surface area contributed by atoms with E-state index in [0.717, 1.165) is 11.3 Å². The fourth-order valence-electron chi connectivity index (χ4n) is 1.95. The second-order valence-corrected chi connectivity index (χ2v) is 4.78. The van der Waals surface area contributed by atoms with Gasteiger partial charge < -0.3 is 20.3 Å². The van der Waals surface area contributed by atoms with Crippen molar-refractivity contribution in [1.29, 1.82) is 0 Å². The molecule has 3 N–H and O–H groups in total. The zero-order valence-corrected chi connectivity index (χ0v) is 12.1. The molecule has 0 saturated heterocycles. The van der Waals surface area contributed by atoms with Crippen LogP contribution in [0.1, 0.15) is 24.7 Å². The molecule has 1 amide bonds. The smallest absolute Gasteiger partial charge is 0.248 e. The molecule has 0 spiro atoms. The maximum atomic E-state index is 12.2. The summed E-state index contributed by atoms with van der Waals surface area (Å²) in [6, 6.07) is 8.60. The molecule has 0 aliphatic rings. The molecule has 0 aliphatic carbocycles. The maximum Gasteiger partial charge on any atom is 0.248 e. The lowest BCUT2D eigenvalue weighted by atomic mass is 10.1. The van der Waals surface area contributed by atoms with Crippen LogP contribution in [-0.2, 0) is 11.4 Å². The normalized spacial score (nSPS) is 12.0. The van der Waals surface area contributed by atoms with Crippen LogP contribution in [-0.4, -0.2) is 22.2 Å². The highest BCUT2D eigenvalue weighted by molar-refractivity contribution is 5.95. The van der Waals surface area contributed by atoms with E-state index >= 15 is 0 Å². The van der Waals surface area contributed by atoms with E-state index in [2.05, 4.69) is 15.8 Å². The van der Waals surface area contributed by atoms with E-state index in [1.165, 1.54) is 0 Å². The van der Waals surface area contributed by atoms with Gasteiger partial charge in [-0.25, -0.2) is 0 Å². The van der Waals surface area contributed by atoms with E-state index in [4.69, 9.17) is 9.63 Å². The molecule has 0 bridgehead atoms. The Labute approximate surface area is 123 Å². The highest BCUT2D eigenvalue weighted by atomic mass is 16.5. The summed E-state index contributed by atoms with van der Waals surface area (Å²) in [5, 5.41) is 18.7. The lowest BCUT2D eigenvalue weighted by Crippen LogP contribution is -2.34. The van der Waals surface area contributed by atoms with Gasteiger partial charge in [-0.15, -0.1) is 0 Å². The van der Waals surface area contributed by atoms with Crippen LogP contribution in [0.5, 0.6) is 0 Å². The standard InChI is InChI=1S/C15H19N3O3/c1-3-13(15(20)17-14-7-10(2)21-18-14)16-12-6-4-5-11(8-12)9-19/h4-8,13,16,19H,3,9H2,1-2H3,(H,17,18,20). The fraction of sp³-hybridized carbons (Fsp3) is 0.333. The Kier molecular flexibility index (Phi) is 4.94. The number of nitrogens with zero attached hydrogens (tertiary/aromatic N) is 1. The minimum atomic E-state index is -0.393. The molecule has 1 heterocycles. The predicted octanol–water partition coefficient (Wildman–Crippen LogP) is 2.30. The number of carbonyl (C=O) groups excluding carboxylic acids is 1. The minimum absolute atomic E-state index is 0.0310. The number of aliphatic hydroxyl groups is 1. The summed E-state index contributed by atoms with van der Waals surface area (Å²) >= 11 is 0. The maximum absolute atomic E-state index is 12.2. The van der Waals surface area contributed by atoms with Crippen molar-refractivity contribution in [3.63, 3.8) is 0 Å². The van der Waals surface area contributed by atoms with Crippen molar-refractivity contribution in [1.82, 2.24) is 5.16 Å². The van der Waals surface area contributed by atoms with Crippen LogP contribution in [0, 0.1) is 6.92 Å². The Morgan fingerprint density at radius 3 is 2.86 bits per heavy atom. The molecule has 6 nitrogen and oxygen atoms in total. The van der Waals surface area contributed by atoms with Crippen molar-refractivity contribution in [3.8, 4) is 0 Å². The van der Waals surface area contributed by atoms with Crippen LogP contribution < -0.4 is 10.6 Å². The second-order valence-electron chi connectivity index (χ2n) is 4.78. The van der Waals surface area contributed by atoms with Crippen molar-refractivity contribution in [2.45, 2.75) is 32.9 Å². The van der Waals surface area contributed by atoms with Gasteiger partial charge in [0.25, 0.3) is 0 Å². The Balaban J connectivity index is 2.02. The molecule has 6 heteroatoms. The lowest BCUT2D eigenvalue weighted by molar-refractivity contribution is -0.117. The fourth-order valence-corrected chi connectivity index (χ4v) is 1.95. The largest absolute Gasteiger partial charge is 0.392 e. The monoisotopic (exact) mass is 289 g/mol. The number of nitrogens with one attached hydrogen (secondary N) is 2.